The second-order valence-electron chi connectivity index (χ2n) is 10.9. The summed E-state index contributed by atoms with van der Waals surface area (Å²) >= 11 is 0. The van der Waals surface area contributed by atoms with Crippen LogP contribution >= 0.6 is 0 Å². The summed E-state index contributed by atoms with van der Waals surface area (Å²) in [7, 11) is 0. The maximum Gasteiger partial charge on any atom is -0.00990 e. The topological polar surface area (TPSA) is 0 Å². The molecule has 8 aromatic carbocycles. The number of rotatable bonds is 4. The third kappa shape index (κ3) is 4.17. The van der Waals surface area contributed by atoms with Crippen LogP contribution in [-0.4, -0.2) is 0 Å². The van der Waals surface area contributed by atoms with E-state index in [2.05, 4.69) is 170 Å². The standard InChI is InChI=1S/C42H28/c1-2-10-29(11-3-1)30-20-22-32(23-21-30)37-26-27-38(40-17-7-6-16-39(37)40)34-14-8-13-33(28-34)36-18-9-19-41-35-15-5-4-12-31(35)24-25-42(36)41/h1-28H. The fraction of sp³-hybridized carbons (Fsp3) is 0. The number of hydrogen-bond donors (Lipinski definition) is 0. The van der Waals surface area contributed by atoms with Crippen molar-refractivity contribution >= 4 is 32.3 Å². The van der Waals surface area contributed by atoms with Crippen LogP contribution in [0.2, 0.25) is 0 Å². The summed E-state index contributed by atoms with van der Waals surface area (Å²) < 4.78 is 0. The molecule has 0 aromatic heterocycles. The molecule has 0 saturated carbocycles. The zero-order chi connectivity index (χ0) is 27.9. The summed E-state index contributed by atoms with van der Waals surface area (Å²) in [6, 6.07) is 61.7. The molecule has 0 aliphatic carbocycles. The van der Waals surface area contributed by atoms with E-state index in [1.54, 1.807) is 0 Å². The van der Waals surface area contributed by atoms with Gasteiger partial charge in [0.05, 0.1) is 0 Å². The van der Waals surface area contributed by atoms with Crippen LogP contribution in [0.3, 0.4) is 0 Å². The van der Waals surface area contributed by atoms with E-state index in [0.717, 1.165) is 0 Å². The molecule has 0 aliphatic rings. The van der Waals surface area contributed by atoms with Crippen molar-refractivity contribution in [1.29, 1.82) is 0 Å². The molecule has 0 amide bonds. The summed E-state index contributed by atoms with van der Waals surface area (Å²) in [5.41, 5.74) is 9.94. The van der Waals surface area contributed by atoms with Crippen LogP contribution < -0.4 is 0 Å². The second kappa shape index (κ2) is 10.2. The van der Waals surface area contributed by atoms with Gasteiger partial charge in [-0.3, -0.25) is 0 Å². The molecule has 8 rings (SSSR count). The van der Waals surface area contributed by atoms with Crippen LogP contribution in [0.25, 0.3) is 76.8 Å². The maximum atomic E-state index is 2.35. The molecular formula is C42H28. The fourth-order valence-corrected chi connectivity index (χ4v) is 6.42. The summed E-state index contributed by atoms with van der Waals surface area (Å²) in [6.07, 6.45) is 0. The van der Waals surface area contributed by atoms with Gasteiger partial charge >= 0.3 is 0 Å². The quantitative estimate of drug-likeness (QED) is 0.198. The van der Waals surface area contributed by atoms with E-state index in [1.165, 1.54) is 76.8 Å². The van der Waals surface area contributed by atoms with Crippen molar-refractivity contribution in [3.8, 4) is 44.5 Å². The minimum Gasteiger partial charge on any atom is -0.0622 e. The van der Waals surface area contributed by atoms with Crippen molar-refractivity contribution in [1.82, 2.24) is 0 Å². The van der Waals surface area contributed by atoms with Crippen LogP contribution in [0.4, 0.5) is 0 Å². The van der Waals surface area contributed by atoms with Crippen LogP contribution in [0.15, 0.2) is 170 Å². The lowest BCUT2D eigenvalue weighted by Gasteiger charge is -2.14. The van der Waals surface area contributed by atoms with E-state index in [-0.39, 0.29) is 0 Å². The van der Waals surface area contributed by atoms with E-state index in [9.17, 15) is 0 Å². The smallest absolute Gasteiger partial charge is 0.00990 e. The highest BCUT2D eigenvalue weighted by molar-refractivity contribution is 6.12. The predicted molar refractivity (Wildman–Crippen MR) is 181 cm³/mol. The SMILES string of the molecule is c1ccc(-c2ccc(-c3ccc(-c4cccc(-c5cccc6c5ccc5ccccc56)c4)c4ccccc34)cc2)cc1. The highest BCUT2D eigenvalue weighted by atomic mass is 14.2. The summed E-state index contributed by atoms with van der Waals surface area (Å²) in [5.74, 6) is 0. The minimum absolute atomic E-state index is 1.23. The molecule has 8 aromatic rings. The molecule has 0 fully saturated rings. The lowest BCUT2D eigenvalue weighted by Crippen LogP contribution is -1.88. The molecule has 0 aliphatic heterocycles. The van der Waals surface area contributed by atoms with Crippen molar-refractivity contribution in [3.63, 3.8) is 0 Å². The van der Waals surface area contributed by atoms with E-state index in [1.807, 2.05) is 0 Å². The zero-order valence-corrected chi connectivity index (χ0v) is 23.2. The Hall–Kier alpha value is -5.46. The van der Waals surface area contributed by atoms with E-state index in [0.29, 0.717) is 0 Å². The zero-order valence-electron chi connectivity index (χ0n) is 23.2. The van der Waals surface area contributed by atoms with E-state index in [4.69, 9.17) is 0 Å². The summed E-state index contributed by atoms with van der Waals surface area (Å²) in [4.78, 5) is 0. The number of benzene rings is 8. The molecule has 0 saturated heterocycles. The molecule has 0 heteroatoms. The molecule has 0 radical (unpaired) electrons. The van der Waals surface area contributed by atoms with Crippen LogP contribution in [0.1, 0.15) is 0 Å². The molecule has 0 heterocycles. The van der Waals surface area contributed by atoms with Crippen molar-refractivity contribution in [2.24, 2.45) is 0 Å². The second-order valence-corrected chi connectivity index (χ2v) is 10.9. The van der Waals surface area contributed by atoms with Gasteiger partial charge in [-0.15, -0.1) is 0 Å². The lowest BCUT2D eigenvalue weighted by molar-refractivity contribution is 1.59. The van der Waals surface area contributed by atoms with E-state index >= 15 is 0 Å². The average molecular weight is 533 g/mol. The number of fused-ring (bicyclic) bond motifs is 4. The van der Waals surface area contributed by atoms with Gasteiger partial charge in [-0.2, -0.15) is 0 Å². The highest BCUT2D eigenvalue weighted by Crippen LogP contribution is 2.39. The molecule has 0 nitrogen and oxygen atoms in total. The third-order valence-corrected chi connectivity index (χ3v) is 8.50. The van der Waals surface area contributed by atoms with Gasteiger partial charge in [-0.25, -0.2) is 0 Å². The first-order chi connectivity index (χ1) is 20.8. The molecule has 0 bridgehead atoms. The first kappa shape index (κ1) is 24.3. The molecule has 0 N–H and O–H groups in total. The summed E-state index contributed by atoms with van der Waals surface area (Å²) in [5, 5.41) is 7.69. The van der Waals surface area contributed by atoms with Gasteiger partial charge < -0.3 is 0 Å². The van der Waals surface area contributed by atoms with Gasteiger partial charge in [-0.1, -0.05) is 164 Å². The predicted octanol–water partition coefficient (Wildman–Crippen LogP) is 11.8. The maximum absolute atomic E-state index is 2.35. The Morgan fingerprint density at radius 2 is 0.690 bits per heavy atom. The fourth-order valence-electron chi connectivity index (χ4n) is 6.42. The Bertz CT molecular complexity index is 2220. The summed E-state index contributed by atoms with van der Waals surface area (Å²) in [6.45, 7) is 0. The third-order valence-electron chi connectivity index (χ3n) is 8.50. The van der Waals surface area contributed by atoms with Gasteiger partial charge in [0.1, 0.15) is 0 Å². The monoisotopic (exact) mass is 532 g/mol. The Morgan fingerprint density at radius 3 is 1.43 bits per heavy atom. The first-order valence-electron chi connectivity index (χ1n) is 14.5. The average Bonchev–Trinajstić information content (AvgIpc) is 3.08. The molecule has 42 heavy (non-hydrogen) atoms. The Balaban J connectivity index is 1.23. The number of hydrogen-bond acceptors (Lipinski definition) is 0. The largest absolute Gasteiger partial charge is 0.0622 e. The van der Waals surface area contributed by atoms with Crippen molar-refractivity contribution in [3.05, 3.63) is 170 Å². The van der Waals surface area contributed by atoms with Gasteiger partial charge in [0.2, 0.25) is 0 Å². The Morgan fingerprint density at radius 1 is 0.214 bits per heavy atom. The molecular weight excluding hydrogens is 504 g/mol. The van der Waals surface area contributed by atoms with Gasteiger partial charge in [0, 0.05) is 0 Å². The molecule has 0 unspecified atom stereocenters. The van der Waals surface area contributed by atoms with Gasteiger partial charge in [0.15, 0.2) is 0 Å². The Kier molecular flexibility index (Phi) is 5.90. The molecule has 0 atom stereocenters. The van der Waals surface area contributed by atoms with Crippen LogP contribution in [-0.2, 0) is 0 Å². The molecule has 0 spiro atoms. The minimum atomic E-state index is 1.23. The van der Waals surface area contributed by atoms with Crippen molar-refractivity contribution < 1.29 is 0 Å². The normalized spacial score (nSPS) is 11.3. The molecule has 196 valence electrons. The first-order valence-corrected chi connectivity index (χ1v) is 14.5. The van der Waals surface area contributed by atoms with E-state index < -0.39 is 0 Å². The lowest BCUT2D eigenvalue weighted by atomic mass is 9.89. The van der Waals surface area contributed by atoms with Gasteiger partial charge in [0.25, 0.3) is 0 Å². The van der Waals surface area contributed by atoms with Crippen molar-refractivity contribution in [2.75, 3.05) is 0 Å². The van der Waals surface area contributed by atoms with Gasteiger partial charge in [-0.05, 0) is 82.9 Å². The van der Waals surface area contributed by atoms with Crippen LogP contribution in [0, 0.1) is 0 Å². The van der Waals surface area contributed by atoms with Crippen molar-refractivity contribution in [2.45, 2.75) is 0 Å². The Labute approximate surface area is 246 Å². The highest BCUT2D eigenvalue weighted by Gasteiger charge is 2.12. The van der Waals surface area contributed by atoms with Crippen LogP contribution in [0.5, 0.6) is 0 Å².